The van der Waals surface area contributed by atoms with E-state index in [-0.39, 0.29) is 18.3 Å². The Morgan fingerprint density at radius 3 is 2.74 bits per heavy atom. The molecule has 1 aliphatic heterocycles. The maximum atomic E-state index is 12.5. The summed E-state index contributed by atoms with van der Waals surface area (Å²) in [5.41, 5.74) is 3.54. The van der Waals surface area contributed by atoms with Gasteiger partial charge < -0.3 is 19.9 Å². The van der Waals surface area contributed by atoms with Crippen LogP contribution in [-0.4, -0.2) is 23.4 Å². The standard InChI is InChI=1S/C24H23N3O3S/c1-16-11-12-19-22(13-16)31-27-23(26-19)24(29)25-14-20(28)18-9-5-6-10-21(18)30-15-17-7-3-2-4-8-17/h2-13,20,28H,14-15H2,1H3,(H,25,29)(H,26,27). The summed E-state index contributed by atoms with van der Waals surface area (Å²) in [4.78, 5) is 17.9. The molecule has 0 saturated carbocycles. The first kappa shape index (κ1) is 21.0. The van der Waals surface area contributed by atoms with Crippen LogP contribution in [0.5, 0.6) is 5.75 Å². The van der Waals surface area contributed by atoms with Crippen LogP contribution in [0, 0.1) is 6.92 Å². The quantitative estimate of drug-likeness (QED) is 0.490. The number of ether oxygens (including phenoxy) is 1. The highest BCUT2D eigenvalue weighted by Gasteiger charge is 2.20. The second kappa shape index (κ2) is 9.68. The first-order valence-electron chi connectivity index (χ1n) is 9.94. The Bertz CT molecular complexity index is 1100. The van der Waals surface area contributed by atoms with Crippen molar-refractivity contribution in [2.24, 2.45) is 4.99 Å². The summed E-state index contributed by atoms with van der Waals surface area (Å²) in [6, 6.07) is 23.0. The molecule has 4 rings (SSSR count). The molecule has 1 unspecified atom stereocenters. The lowest BCUT2D eigenvalue weighted by molar-refractivity contribution is -0.115. The van der Waals surface area contributed by atoms with Crippen LogP contribution in [-0.2, 0) is 11.4 Å². The molecular weight excluding hydrogens is 410 g/mol. The molecule has 1 aliphatic rings. The number of hydrogen-bond acceptors (Lipinski definition) is 6. The van der Waals surface area contributed by atoms with Crippen molar-refractivity contribution in [1.29, 1.82) is 0 Å². The normalized spacial score (nSPS) is 13.4. The van der Waals surface area contributed by atoms with Gasteiger partial charge in [-0.25, -0.2) is 4.99 Å². The molecule has 1 heterocycles. The molecule has 158 valence electrons. The van der Waals surface area contributed by atoms with E-state index in [1.807, 2.05) is 73.7 Å². The van der Waals surface area contributed by atoms with Crippen LogP contribution >= 0.6 is 11.9 Å². The van der Waals surface area contributed by atoms with Gasteiger partial charge >= 0.3 is 0 Å². The average molecular weight is 434 g/mol. The summed E-state index contributed by atoms with van der Waals surface area (Å²) in [7, 11) is 0. The highest BCUT2D eigenvalue weighted by molar-refractivity contribution is 7.98. The number of benzene rings is 3. The zero-order chi connectivity index (χ0) is 21.6. The molecule has 0 aromatic heterocycles. The molecule has 0 fully saturated rings. The third-order valence-electron chi connectivity index (χ3n) is 4.79. The largest absolute Gasteiger partial charge is 0.489 e. The van der Waals surface area contributed by atoms with Crippen molar-refractivity contribution in [1.82, 2.24) is 10.0 Å². The second-order valence-electron chi connectivity index (χ2n) is 7.17. The average Bonchev–Trinajstić information content (AvgIpc) is 2.81. The number of hydrogen-bond donors (Lipinski definition) is 3. The van der Waals surface area contributed by atoms with Gasteiger partial charge in [-0.15, -0.1) is 0 Å². The summed E-state index contributed by atoms with van der Waals surface area (Å²) in [6.07, 6.45) is -0.914. The Balaban J connectivity index is 1.38. The number of nitrogens with one attached hydrogen (secondary N) is 2. The van der Waals surface area contributed by atoms with E-state index in [1.165, 1.54) is 11.9 Å². The van der Waals surface area contributed by atoms with Crippen molar-refractivity contribution >= 4 is 29.4 Å². The van der Waals surface area contributed by atoms with Gasteiger partial charge in [0.15, 0.2) is 0 Å². The van der Waals surface area contributed by atoms with E-state index in [4.69, 9.17) is 4.74 Å². The molecule has 7 heteroatoms. The number of nitrogens with zero attached hydrogens (tertiary/aromatic N) is 1. The van der Waals surface area contributed by atoms with E-state index in [0.29, 0.717) is 17.9 Å². The van der Waals surface area contributed by atoms with Crippen molar-refractivity contribution in [2.45, 2.75) is 24.5 Å². The van der Waals surface area contributed by atoms with Gasteiger partial charge in [-0.05, 0) is 48.2 Å². The third-order valence-corrected chi connectivity index (χ3v) is 5.63. The van der Waals surface area contributed by atoms with Gasteiger partial charge in [-0.2, -0.15) is 0 Å². The Morgan fingerprint density at radius 1 is 1.13 bits per heavy atom. The Kier molecular flexibility index (Phi) is 6.54. The van der Waals surface area contributed by atoms with Crippen LogP contribution in [0.25, 0.3) is 0 Å². The number of carbonyl (C=O) groups excluding carboxylic acids is 1. The summed E-state index contributed by atoms with van der Waals surface area (Å²) in [6.45, 7) is 2.44. The summed E-state index contributed by atoms with van der Waals surface area (Å²) in [5, 5.41) is 13.4. The lowest BCUT2D eigenvalue weighted by atomic mass is 10.1. The fraction of sp³-hybridized carbons (Fsp3) is 0.167. The Labute approximate surface area is 185 Å². The molecule has 3 N–H and O–H groups in total. The van der Waals surface area contributed by atoms with Crippen LogP contribution in [0.4, 0.5) is 5.69 Å². The van der Waals surface area contributed by atoms with Crippen molar-refractivity contribution in [3.63, 3.8) is 0 Å². The molecule has 6 nitrogen and oxygen atoms in total. The van der Waals surface area contributed by atoms with Crippen LogP contribution < -0.4 is 14.8 Å². The molecular formula is C24H23N3O3S. The fourth-order valence-electron chi connectivity index (χ4n) is 3.14. The van der Waals surface area contributed by atoms with Gasteiger partial charge in [0, 0.05) is 12.1 Å². The number of aliphatic imine (C=N–C) groups is 1. The second-order valence-corrected chi connectivity index (χ2v) is 8.02. The van der Waals surface area contributed by atoms with Crippen molar-refractivity contribution in [2.75, 3.05) is 6.54 Å². The van der Waals surface area contributed by atoms with E-state index < -0.39 is 6.10 Å². The van der Waals surface area contributed by atoms with E-state index in [0.717, 1.165) is 21.7 Å². The molecule has 0 radical (unpaired) electrons. The van der Waals surface area contributed by atoms with Gasteiger partial charge in [0.2, 0.25) is 5.84 Å². The Hall–Kier alpha value is -3.29. The van der Waals surface area contributed by atoms with Gasteiger partial charge in [-0.1, -0.05) is 54.6 Å². The monoisotopic (exact) mass is 433 g/mol. The van der Waals surface area contributed by atoms with Gasteiger partial charge in [0.25, 0.3) is 5.91 Å². The molecule has 1 atom stereocenters. The van der Waals surface area contributed by atoms with E-state index in [1.54, 1.807) is 6.07 Å². The first-order valence-corrected chi connectivity index (χ1v) is 10.8. The number of amides is 1. The minimum Gasteiger partial charge on any atom is -0.489 e. The smallest absolute Gasteiger partial charge is 0.287 e. The summed E-state index contributed by atoms with van der Waals surface area (Å²) >= 11 is 1.35. The fourth-order valence-corrected chi connectivity index (χ4v) is 3.95. The molecule has 1 amide bonds. The van der Waals surface area contributed by atoms with E-state index in [9.17, 15) is 9.90 Å². The SMILES string of the molecule is Cc1ccc2c(c1)SNC(C(=O)NCC(O)c1ccccc1OCc1ccccc1)=N2. The molecule has 0 saturated heterocycles. The molecule has 0 bridgehead atoms. The van der Waals surface area contributed by atoms with Gasteiger partial charge in [0.05, 0.1) is 16.7 Å². The van der Waals surface area contributed by atoms with Crippen molar-refractivity contribution < 1.29 is 14.6 Å². The lowest BCUT2D eigenvalue weighted by Crippen LogP contribution is -2.40. The zero-order valence-corrected chi connectivity index (χ0v) is 17.9. The highest BCUT2D eigenvalue weighted by atomic mass is 32.2. The van der Waals surface area contributed by atoms with Crippen molar-refractivity contribution in [3.8, 4) is 5.75 Å². The van der Waals surface area contributed by atoms with E-state index in [2.05, 4.69) is 15.0 Å². The van der Waals surface area contributed by atoms with Gasteiger partial charge in [-0.3, -0.25) is 4.79 Å². The predicted molar refractivity (Wildman–Crippen MR) is 122 cm³/mol. The van der Waals surface area contributed by atoms with Crippen LogP contribution in [0.2, 0.25) is 0 Å². The van der Waals surface area contributed by atoms with Crippen molar-refractivity contribution in [3.05, 3.63) is 89.5 Å². The lowest BCUT2D eigenvalue weighted by Gasteiger charge is -2.19. The van der Waals surface area contributed by atoms with Crippen LogP contribution in [0.15, 0.2) is 82.7 Å². The number of amidine groups is 1. The minimum absolute atomic E-state index is 0.0384. The number of aryl methyl sites for hydroxylation is 1. The number of carbonyl (C=O) groups is 1. The zero-order valence-electron chi connectivity index (χ0n) is 17.0. The maximum absolute atomic E-state index is 12.5. The number of aliphatic hydroxyl groups excluding tert-OH is 1. The third kappa shape index (κ3) is 5.25. The number of para-hydroxylation sites is 1. The van der Waals surface area contributed by atoms with Crippen LogP contribution in [0.3, 0.4) is 0 Å². The summed E-state index contributed by atoms with van der Waals surface area (Å²) < 4.78 is 8.87. The molecule has 3 aromatic rings. The number of aliphatic hydroxyl groups is 1. The minimum atomic E-state index is -0.914. The number of rotatable bonds is 7. The maximum Gasteiger partial charge on any atom is 0.287 e. The highest BCUT2D eigenvalue weighted by Crippen LogP contribution is 2.32. The molecule has 31 heavy (non-hydrogen) atoms. The number of fused-ring (bicyclic) bond motifs is 1. The Morgan fingerprint density at radius 2 is 1.90 bits per heavy atom. The van der Waals surface area contributed by atoms with Gasteiger partial charge in [0.1, 0.15) is 12.4 Å². The molecule has 0 spiro atoms. The first-order chi connectivity index (χ1) is 15.1. The van der Waals surface area contributed by atoms with E-state index >= 15 is 0 Å². The summed E-state index contributed by atoms with van der Waals surface area (Å²) in [5.74, 6) is 0.420. The molecule has 0 aliphatic carbocycles. The molecule has 3 aromatic carbocycles. The topological polar surface area (TPSA) is 83.0 Å². The predicted octanol–water partition coefficient (Wildman–Crippen LogP) is 4.06. The van der Waals surface area contributed by atoms with Crippen LogP contribution in [0.1, 0.15) is 22.8 Å².